The van der Waals surface area contributed by atoms with E-state index in [0.717, 1.165) is 0 Å². The average Bonchev–Trinajstić information content (AvgIpc) is 2.62. The Balaban J connectivity index is 1.90. The highest BCUT2D eigenvalue weighted by Gasteiger charge is 2.37. The number of aliphatic imine (C=N–C) groups is 1. The molecule has 0 aromatic carbocycles. The smallest absolute Gasteiger partial charge is 0.168 e. The highest BCUT2D eigenvalue weighted by Crippen LogP contribution is 2.36. The summed E-state index contributed by atoms with van der Waals surface area (Å²) in [4.78, 5) is 7.08. The fourth-order valence-corrected chi connectivity index (χ4v) is 3.17. The summed E-state index contributed by atoms with van der Waals surface area (Å²) in [5, 5.41) is 3.39. The molecule has 12 heavy (non-hydrogen) atoms. The Morgan fingerprint density at radius 2 is 2.33 bits per heavy atom. The number of fused-ring (bicyclic) bond motifs is 3. The Morgan fingerprint density at radius 1 is 1.42 bits per heavy atom. The van der Waals surface area contributed by atoms with Crippen molar-refractivity contribution in [3.05, 3.63) is 11.6 Å². The monoisotopic (exact) mass is 180 g/mol. The van der Waals surface area contributed by atoms with Crippen molar-refractivity contribution in [1.82, 2.24) is 4.90 Å². The standard InChI is InChI=1S/C9H12N2S/c1-2-4-8-7(3-1)10-9-11(8)5-6-12-9/h5-8H,1-4H2/t7-,8+/m1/s1. The van der Waals surface area contributed by atoms with Gasteiger partial charge in [0.05, 0.1) is 12.1 Å². The van der Waals surface area contributed by atoms with Gasteiger partial charge in [0.2, 0.25) is 0 Å². The number of thioether (sulfide) groups is 1. The first-order chi connectivity index (χ1) is 5.95. The van der Waals surface area contributed by atoms with Crippen molar-refractivity contribution in [3.8, 4) is 0 Å². The number of hydrogen-bond donors (Lipinski definition) is 0. The van der Waals surface area contributed by atoms with E-state index < -0.39 is 0 Å². The maximum atomic E-state index is 4.72. The lowest BCUT2D eigenvalue weighted by Gasteiger charge is -2.28. The molecule has 0 bridgehead atoms. The third-order valence-electron chi connectivity index (χ3n) is 2.94. The molecule has 0 saturated heterocycles. The van der Waals surface area contributed by atoms with E-state index in [4.69, 9.17) is 4.99 Å². The molecule has 0 aromatic rings. The fourth-order valence-electron chi connectivity index (χ4n) is 2.34. The van der Waals surface area contributed by atoms with Gasteiger partial charge in [0, 0.05) is 6.20 Å². The van der Waals surface area contributed by atoms with Crippen molar-refractivity contribution in [2.24, 2.45) is 4.99 Å². The highest BCUT2D eigenvalue weighted by molar-refractivity contribution is 8.16. The van der Waals surface area contributed by atoms with Gasteiger partial charge >= 0.3 is 0 Å². The molecule has 0 N–H and O–H groups in total. The minimum Gasteiger partial charge on any atom is -0.322 e. The molecule has 0 amide bonds. The summed E-state index contributed by atoms with van der Waals surface area (Å²) in [7, 11) is 0. The van der Waals surface area contributed by atoms with Crippen LogP contribution in [-0.4, -0.2) is 22.2 Å². The van der Waals surface area contributed by atoms with Crippen LogP contribution in [0.3, 0.4) is 0 Å². The molecular formula is C9H12N2S. The van der Waals surface area contributed by atoms with E-state index >= 15 is 0 Å². The second kappa shape index (κ2) is 2.52. The highest BCUT2D eigenvalue weighted by atomic mass is 32.2. The molecule has 0 aromatic heterocycles. The van der Waals surface area contributed by atoms with E-state index in [1.807, 2.05) is 0 Å². The minimum absolute atomic E-state index is 0.617. The molecular weight excluding hydrogens is 168 g/mol. The quantitative estimate of drug-likeness (QED) is 0.568. The van der Waals surface area contributed by atoms with Gasteiger partial charge < -0.3 is 4.90 Å². The first-order valence-corrected chi connectivity index (χ1v) is 5.52. The van der Waals surface area contributed by atoms with E-state index in [1.54, 1.807) is 11.8 Å². The molecule has 1 saturated carbocycles. The van der Waals surface area contributed by atoms with Crippen LogP contribution < -0.4 is 0 Å². The van der Waals surface area contributed by atoms with Crippen molar-refractivity contribution in [2.45, 2.75) is 37.8 Å². The zero-order valence-corrected chi connectivity index (χ0v) is 7.76. The van der Waals surface area contributed by atoms with Gasteiger partial charge in [-0.3, -0.25) is 4.99 Å². The van der Waals surface area contributed by atoms with E-state index in [0.29, 0.717) is 12.1 Å². The van der Waals surface area contributed by atoms with Crippen LogP contribution in [0.4, 0.5) is 0 Å². The maximum Gasteiger partial charge on any atom is 0.168 e. The first kappa shape index (κ1) is 7.01. The molecule has 2 aliphatic heterocycles. The molecule has 2 heterocycles. The van der Waals surface area contributed by atoms with Crippen molar-refractivity contribution in [3.63, 3.8) is 0 Å². The number of hydrogen-bond acceptors (Lipinski definition) is 3. The molecule has 3 heteroatoms. The summed E-state index contributed by atoms with van der Waals surface area (Å²) < 4.78 is 0. The third-order valence-corrected chi connectivity index (χ3v) is 3.73. The zero-order chi connectivity index (χ0) is 7.97. The Labute approximate surface area is 76.7 Å². The van der Waals surface area contributed by atoms with Gasteiger partial charge in [0.1, 0.15) is 0 Å². The van der Waals surface area contributed by atoms with Crippen molar-refractivity contribution in [1.29, 1.82) is 0 Å². The van der Waals surface area contributed by atoms with Crippen LogP contribution in [0.2, 0.25) is 0 Å². The predicted octanol–water partition coefficient (Wildman–Crippen LogP) is 2.19. The summed E-state index contributed by atoms with van der Waals surface area (Å²) in [5.74, 6) is 0. The minimum atomic E-state index is 0.617. The van der Waals surface area contributed by atoms with Gasteiger partial charge in [0.15, 0.2) is 5.17 Å². The summed E-state index contributed by atoms with van der Waals surface area (Å²) in [6.45, 7) is 0. The van der Waals surface area contributed by atoms with Gasteiger partial charge in [-0.05, 0) is 18.2 Å². The average molecular weight is 180 g/mol. The molecule has 3 aliphatic rings. The lowest BCUT2D eigenvalue weighted by atomic mass is 9.91. The molecule has 3 rings (SSSR count). The maximum absolute atomic E-state index is 4.72. The van der Waals surface area contributed by atoms with Crippen LogP contribution in [0.25, 0.3) is 0 Å². The molecule has 0 unspecified atom stereocenters. The Bertz CT molecular complexity index is 259. The van der Waals surface area contributed by atoms with E-state index in [9.17, 15) is 0 Å². The number of amidine groups is 1. The second-order valence-electron chi connectivity index (χ2n) is 3.64. The van der Waals surface area contributed by atoms with E-state index in [1.165, 1.54) is 30.9 Å². The van der Waals surface area contributed by atoms with E-state index in [2.05, 4.69) is 16.5 Å². The van der Waals surface area contributed by atoms with Crippen LogP contribution in [0, 0.1) is 0 Å². The molecule has 0 radical (unpaired) electrons. The Morgan fingerprint density at radius 3 is 3.33 bits per heavy atom. The van der Waals surface area contributed by atoms with Crippen LogP contribution in [-0.2, 0) is 0 Å². The van der Waals surface area contributed by atoms with Crippen molar-refractivity contribution >= 4 is 16.9 Å². The van der Waals surface area contributed by atoms with Crippen molar-refractivity contribution in [2.75, 3.05) is 0 Å². The summed E-state index contributed by atoms with van der Waals surface area (Å²) >= 11 is 1.77. The lowest BCUT2D eigenvalue weighted by molar-refractivity contribution is 0.297. The SMILES string of the molecule is C1=CN2C(=N[C@@H]3CCCC[C@@H]32)S1. The molecule has 2 atom stereocenters. The van der Waals surface area contributed by atoms with Gasteiger partial charge in [0.25, 0.3) is 0 Å². The summed E-state index contributed by atoms with van der Waals surface area (Å²) in [5.41, 5.74) is 0. The number of rotatable bonds is 0. The Kier molecular flexibility index (Phi) is 1.47. The fraction of sp³-hybridized carbons (Fsp3) is 0.667. The predicted molar refractivity (Wildman–Crippen MR) is 52.0 cm³/mol. The molecule has 1 aliphatic carbocycles. The molecule has 0 spiro atoms. The Hall–Kier alpha value is -0.440. The topological polar surface area (TPSA) is 15.6 Å². The molecule has 2 nitrogen and oxygen atoms in total. The largest absolute Gasteiger partial charge is 0.322 e. The molecule has 1 fully saturated rings. The van der Waals surface area contributed by atoms with E-state index in [-0.39, 0.29) is 0 Å². The van der Waals surface area contributed by atoms with Crippen LogP contribution in [0.1, 0.15) is 25.7 Å². The first-order valence-electron chi connectivity index (χ1n) is 4.64. The van der Waals surface area contributed by atoms with Gasteiger partial charge in [-0.25, -0.2) is 0 Å². The molecule has 64 valence electrons. The van der Waals surface area contributed by atoms with Gasteiger partial charge in [-0.2, -0.15) is 0 Å². The van der Waals surface area contributed by atoms with Crippen LogP contribution >= 0.6 is 11.8 Å². The van der Waals surface area contributed by atoms with Crippen molar-refractivity contribution < 1.29 is 0 Å². The van der Waals surface area contributed by atoms with Gasteiger partial charge in [-0.15, -0.1) is 0 Å². The second-order valence-corrected chi connectivity index (χ2v) is 4.51. The van der Waals surface area contributed by atoms with Crippen LogP contribution in [0.15, 0.2) is 16.6 Å². The normalized spacial score (nSPS) is 38.0. The summed E-state index contributed by atoms with van der Waals surface area (Å²) in [6, 6.07) is 1.33. The van der Waals surface area contributed by atoms with Crippen LogP contribution in [0.5, 0.6) is 0 Å². The summed E-state index contributed by atoms with van der Waals surface area (Å²) in [6.07, 6.45) is 7.60. The van der Waals surface area contributed by atoms with Gasteiger partial charge in [-0.1, -0.05) is 24.6 Å². The lowest BCUT2D eigenvalue weighted by Crippen LogP contribution is -2.35. The zero-order valence-electron chi connectivity index (χ0n) is 6.94. The number of nitrogens with zero attached hydrogens (tertiary/aromatic N) is 2. The third kappa shape index (κ3) is 0.859.